The number of carbonyl (C=O) groups is 1. The predicted molar refractivity (Wildman–Crippen MR) is 100 cm³/mol. The number of rotatable bonds is 5. The van der Waals surface area contributed by atoms with E-state index in [1.807, 2.05) is 24.3 Å². The van der Waals surface area contributed by atoms with Gasteiger partial charge in [-0.05, 0) is 54.6 Å². The van der Waals surface area contributed by atoms with Crippen LogP contribution in [0.1, 0.15) is 10.5 Å². The molecule has 6 nitrogen and oxygen atoms in total. The number of fused-ring (bicyclic) bond motifs is 1. The van der Waals surface area contributed by atoms with Crippen LogP contribution in [-0.2, 0) is 11.3 Å². The fourth-order valence-corrected chi connectivity index (χ4v) is 3.00. The predicted octanol–water partition coefficient (Wildman–Crippen LogP) is 3.83. The normalized spacial score (nSPS) is 15.8. The Labute approximate surface area is 161 Å². The van der Waals surface area contributed by atoms with Gasteiger partial charge in [0.25, 0.3) is 0 Å². The van der Waals surface area contributed by atoms with E-state index in [-0.39, 0.29) is 6.61 Å². The molecule has 0 aliphatic carbocycles. The zero-order valence-electron chi connectivity index (χ0n) is 14.6. The van der Waals surface area contributed by atoms with Crippen LogP contribution in [0.15, 0.2) is 54.6 Å². The topological polar surface area (TPSA) is 62.6 Å². The van der Waals surface area contributed by atoms with Gasteiger partial charge in [-0.1, -0.05) is 11.6 Å². The SMILES string of the molecule is COc1ccc(-c2cc3n(n2)CC(COc2ccc(Cl)cc2)OC3=O)cc1. The Balaban J connectivity index is 1.47. The standard InChI is InChI=1S/C20H17ClN2O4/c1-25-15-6-2-13(3-7-15)18-10-19-20(24)27-17(11-23(19)22-18)12-26-16-8-4-14(21)5-9-16/h2-10,17H,11-12H2,1H3. The van der Waals surface area contributed by atoms with E-state index in [1.165, 1.54) is 0 Å². The van der Waals surface area contributed by atoms with Gasteiger partial charge in [0.1, 0.15) is 23.8 Å². The van der Waals surface area contributed by atoms with Crippen molar-refractivity contribution in [2.24, 2.45) is 0 Å². The summed E-state index contributed by atoms with van der Waals surface area (Å²) in [6, 6.07) is 16.3. The summed E-state index contributed by atoms with van der Waals surface area (Å²) in [5.74, 6) is 1.03. The van der Waals surface area contributed by atoms with E-state index in [1.54, 1.807) is 42.1 Å². The molecule has 0 spiro atoms. The van der Waals surface area contributed by atoms with E-state index in [4.69, 9.17) is 25.8 Å². The van der Waals surface area contributed by atoms with Gasteiger partial charge < -0.3 is 14.2 Å². The number of carbonyl (C=O) groups excluding carboxylic acids is 1. The lowest BCUT2D eigenvalue weighted by atomic mass is 10.1. The van der Waals surface area contributed by atoms with E-state index in [2.05, 4.69) is 5.10 Å². The summed E-state index contributed by atoms with van der Waals surface area (Å²) in [6.07, 6.45) is -0.413. The van der Waals surface area contributed by atoms with Gasteiger partial charge in [0.2, 0.25) is 0 Å². The largest absolute Gasteiger partial charge is 0.497 e. The maximum atomic E-state index is 12.3. The van der Waals surface area contributed by atoms with Crippen molar-refractivity contribution in [3.63, 3.8) is 0 Å². The van der Waals surface area contributed by atoms with Gasteiger partial charge in [0, 0.05) is 10.6 Å². The highest BCUT2D eigenvalue weighted by atomic mass is 35.5. The van der Waals surface area contributed by atoms with E-state index in [9.17, 15) is 4.79 Å². The first-order valence-corrected chi connectivity index (χ1v) is 8.82. The van der Waals surface area contributed by atoms with E-state index in [0.29, 0.717) is 28.7 Å². The molecule has 0 fully saturated rings. The lowest BCUT2D eigenvalue weighted by molar-refractivity contribution is 0.000346. The fourth-order valence-electron chi connectivity index (χ4n) is 2.87. The molecular formula is C20H17ClN2O4. The minimum Gasteiger partial charge on any atom is -0.497 e. The molecule has 0 bridgehead atoms. The highest BCUT2D eigenvalue weighted by Crippen LogP contribution is 2.25. The molecule has 0 N–H and O–H groups in total. The second kappa shape index (κ2) is 7.32. The molecule has 2 heterocycles. The first-order valence-electron chi connectivity index (χ1n) is 8.44. The molecule has 3 aromatic rings. The minimum atomic E-state index is -0.413. The summed E-state index contributed by atoms with van der Waals surface area (Å²) >= 11 is 5.86. The number of aromatic nitrogens is 2. The average molecular weight is 385 g/mol. The number of hydrogen-bond acceptors (Lipinski definition) is 5. The zero-order valence-corrected chi connectivity index (χ0v) is 15.3. The number of methoxy groups -OCH3 is 1. The van der Waals surface area contributed by atoms with Gasteiger partial charge in [-0.15, -0.1) is 0 Å². The number of hydrogen-bond donors (Lipinski definition) is 0. The Morgan fingerprint density at radius 1 is 1.15 bits per heavy atom. The Morgan fingerprint density at radius 2 is 1.85 bits per heavy atom. The first-order chi connectivity index (χ1) is 13.1. The number of esters is 1. The maximum Gasteiger partial charge on any atom is 0.357 e. The van der Waals surface area contributed by atoms with E-state index < -0.39 is 12.1 Å². The number of nitrogens with zero attached hydrogens (tertiary/aromatic N) is 2. The summed E-state index contributed by atoms with van der Waals surface area (Å²) in [5.41, 5.74) is 2.05. The number of halogens is 1. The molecule has 138 valence electrons. The van der Waals surface area contributed by atoms with Crippen LogP contribution < -0.4 is 9.47 Å². The van der Waals surface area contributed by atoms with E-state index in [0.717, 1.165) is 11.3 Å². The molecule has 7 heteroatoms. The first kappa shape index (κ1) is 17.4. The van der Waals surface area contributed by atoms with Crippen molar-refractivity contribution in [1.82, 2.24) is 9.78 Å². The molecule has 1 aliphatic heterocycles. The fraction of sp³-hybridized carbons (Fsp3) is 0.200. The highest BCUT2D eigenvalue weighted by Gasteiger charge is 2.29. The van der Waals surface area contributed by atoms with Crippen molar-refractivity contribution in [2.75, 3.05) is 13.7 Å². The van der Waals surface area contributed by atoms with Crippen molar-refractivity contribution in [2.45, 2.75) is 12.6 Å². The summed E-state index contributed by atoms with van der Waals surface area (Å²) in [7, 11) is 1.62. The van der Waals surface area contributed by atoms with Crippen LogP contribution in [0.2, 0.25) is 5.02 Å². The minimum absolute atomic E-state index is 0.241. The van der Waals surface area contributed by atoms with Crippen molar-refractivity contribution in [3.8, 4) is 22.8 Å². The molecule has 1 unspecified atom stereocenters. The zero-order chi connectivity index (χ0) is 18.8. The summed E-state index contributed by atoms with van der Waals surface area (Å²) in [6.45, 7) is 0.676. The molecule has 2 aromatic carbocycles. The van der Waals surface area contributed by atoms with Gasteiger partial charge in [-0.2, -0.15) is 5.10 Å². The van der Waals surface area contributed by atoms with Gasteiger partial charge >= 0.3 is 5.97 Å². The quantitative estimate of drug-likeness (QED) is 0.625. The van der Waals surface area contributed by atoms with Crippen molar-refractivity contribution >= 4 is 17.6 Å². The number of benzene rings is 2. The van der Waals surface area contributed by atoms with Gasteiger partial charge in [-0.3, -0.25) is 4.68 Å². The summed E-state index contributed by atoms with van der Waals surface area (Å²) < 4.78 is 18.0. The molecule has 1 aliphatic rings. The molecule has 27 heavy (non-hydrogen) atoms. The molecule has 4 rings (SSSR count). The lowest BCUT2D eigenvalue weighted by Crippen LogP contribution is -2.36. The third kappa shape index (κ3) is 3.75. The van der Waals surface area contributed by atoms with Gasteiger partial charge in [-0.25, -0.2) is 4.79 Å². The van der Waals surface area contributed by atoms with Gasteiger partial charge in [0.15, 0.2) is 6.10 Å². The Hall–Kier alpha value is -2.99. The maximum absolute atomic E-state index is 12.3. The van der Waals surface area contributed by atoms with Crippen LogP contribution in [0, 0.1) is 0 Å². The molecule has 1 aromatic heterocycles. The number of ether oxygens (including phenoxy) is 3. The monoisotopic (exact) mass is 384 g/mol. The van der Waals surface area contributed by atoms with Crippen molar-refractivity contribution in [3.05, 3.63) is 65.3 Å². The van der Waals surface area contributed by atoms with Crippen LogP contribution >= 0.6 is 11.6 Å². The second-order valence-electron chi connectivity index (χ2n) is 6.12. The van der Waals surface area contributed by atoms with Crippen LogP contribution in [0.4, 0.5) is 0 Å². The Bertz CT molecular complexity index is 951. The molecule has 1 atom stereocenters. The molecule has 0 amide bonds. The van der Waals surface area contributed by atoms with Crippen molar-refractivity contribution < 1.29 is 19.0 Å². The third-order valence-electron chi connectivity index (χ3n) is 4.27. The Kier molecular flexibility index (Phi) is 4.73. The molecule has 0 saturated heterocycles. The van der Waals surface area contributed by atoms with Gasteiger partial charge in [0.05, 0.1) is 19.3 Å². The molecule has 0 saturated carbocycles. The van der Waals surface area contributed by atoms with Crippen LogP contribution in [0.5, 0.6) is 11.5 Å². The lowest BCUT2D eigenvalue weighted by Gasteiger charge is -2.23. The van der Waals surface area contributed by atoms with Crippen molar-refractivity contribution in [1.29, 1.82) is 0 Å². The molecular weight excluding hydrogens is 368 g/mol. The van der Waals surface area contributed by atoms with Crippen LogP contribution in [0.25, 0.3) is 11.3 Å². The highest BCUT2D eigenvalue weighted by molar-refractivity contribution is 6.30. The average Bonchev–Trinajstić information content (AvgIpc) is 3.12. The van der Waals surface area contributed by atoms with Crippen LogP contribution in [-0.4, -0.2) is 35.6 Å². The van der Waals surface area contributed by atoms with E-state index >= 15 is 0 Å². The van der Waals surface area contributed by atoms with Crippen LogP contribution in [0.3, 0.4) is 0 Å². The smallest absolute Gasteiger partial charge is 0.357 e. The Morgan fingerprint density at radius 3 is 2.56 bits per heavy atom. The summed E-state index contributed by atoms with van der Waals surface area (Å²) in [4.78, 5) is 12.3. The number of cyclic esters (lactones) is 1. The second-order valence-corrected chi connectivity index (χ2v) is 6.55. The summed E-state index contributed by atoms with van der Waals surface area (Å²) in [5, 5.41) is 5.18. The molecule has 0 radical (unpaired) electrons. The third-order valence-corrected chi connectivity index (χ3v) is 4.53.